The number of aliphatic hydroxyl groups is 1. The molecular formula is C22H37NO3. The molecule has 4 rings (SSSR count). The van der Waals surface area contributed by atoms with E-state index in [0.717, 1.165) is 42.9 Å². The zero-order chi connectivity index (χ0) is 18.7. The Morgan fingerprint density at radius 2 is 1.73 bits per heavy atom. The SMILES string of the molecule is CON(C)C(=O)[C@H]1CC[C@H]2[C@@H]3CC[C@@H]4C[C@](C)(O)CC[C@@H]4[C@H]3CC[C@]12C. The van der Waals surface area contributed by atoms with Crippen molar-refractivity contribution in [2.45, 2.75) is 77.2 Å². The van der Waals surface area contributed by atoms with Crippen molar-refractivity contribution < 1.29 is 14.7 Å². The number of nitrogens with zero attached hydrogens (tertiary/aromatic N) is 1. The Morgan fingerprint density at radius 3 is 2.46 bits per heavy atom. The van der Waals surface area contributed by atoms with Gasteiger partial charge in [0.05, 0.1) is 12.7 Å². The molecule has 0 aliphatic heterocycles. The summed E-state index contributed by atoms with van der Waals surface area (Å²) in [6.07, 6.45) is 10.5. The highest BCUT2D eigenvalue weighted by Gasteiger charge is 2.59. The van der Waals surface area contributed by atoms with Gasteiger partial charge in [-0.25, -0.2) is 5.06 Å². The van der Waals surface area contributed by atoms with Crippen molar-refractivity contribution in [2.75, 3.05) is 14.2 Å². The highest BCUT2D eigenvalue weighted by molar-refractivity contribution is 5.79. The first-order valence-corrected chi connectivity index (χ1v) is 10.8. The number of hydrogen-bond acceptors (Lipinski definition) is 3. The van der Waals surface area contributed by atoms with Crippen LogP contribution in [0.3, 0.4) is 0 Å². The minimum Gasteiger partial charge on any atom is -0.390 e. The van der Waals surface area contributed by atoms with Gasteiger partial charge in [-0.2, -0.15) is 0 Å². The zero-order valence-electron chi connectivity index (χ0n) is 17.0. The van der Waals surface area contributed by atoms with Gasteiger partial charge in [-0.3, -0.25) is 9.63 Å². The first-order valence-electron chi connectivity index (χ1n) is 10.8. The molecule has 0 aromatic carbocycles. The molecule has 148 valence electrons. The third kappa shape index (κ3) is 2.83. The summed E-state index contributed by atoms with van der Waals surface area (Å²) in [4.78, 5) is 18.1. The second kappa shape index (κ2) is 6.48. The van der Waals surface area contributed by atoms with Crippen LogP contribution in [-0.2, 0) is 9.63 Å². The van der Waals surface area contributed by atoms with Crippen LogP contribution in [0.15, 0.2) is 0 Å². The number of carbonyl (C=O) groups is 1. The molecule has 26 heavy (non-hydrogen) atoms. The fraction of sp³-hybridized carbons (Fsp3) is 0.955. The summed E-state index contributed by atoms with van der Waals surface area (Å²) in [6, 6.07) is 0. The number of rotatable bonds is 2. The molecule has 0 aromatic heterocycles. The molecule has 0 radical (unpaired) electrons. The Morgan fingerprint density at radius 1 is 1.00 bits per heavy atom. The van der Waals surface area contributed by atoms with Crippen molar-refractivity contribution >= 4 is 5.91 Å². The molecule has 0 spiro atoms. The van der Waals surface area contributed by atoms with Gasteiger partial charge in [0.25, 0.3) is 0 Å². The molecule has 1 amide bonds. The molecule has 4 heteroatoms. The van der Waals surface area contributed by atoms with E-state index in [-0.39, 0.29) is 17.2 Å². The lowest BCUT2D eigenvalue weighted by molar-refractivity contribution is -0.180. The van der Waals surface area contributed by atoms with Crippen molar-refractivity contribution in [3.8, 4) is 0 Å². The lowest BCUT2D eigenvalue weighted by Crippen LogP contribution is -2.51. The van der Waals surface area contributed by atoms with Crippen LogP contribution in [0.25, 0.3) is 0 Å². The van der Waals surface area contributed by atoms with Crippen LogP contribution >= 0.6 is 0 Å². The second-order valence-electron chi connectivity index (χ2n) is 10.4. The average Bonchev–Trinajstić information content (AvgIpc) is 2.96. The standard InChI is InChI=1S/C22H37NO3/c1-21(25)11-9-15-14(13-21)5-6-17-16(15)10-12-22(2)18(17)7-8-19(22)20(24)23(3)26-4/h14-19,25H,5-13H2,1-4H3/t14-,15+,16-,17-,18+,19-,21-,22+/m1/s1. The van der Waals surface area contributed by atoms with Gasteiger partial charge < -0.3 is 5.11 Å². The van der Waals surface area contributed by atoms with Gasteiger partial charge in [-0.1, -0.05) is 6.92 Å². The highest BCUT2D eigenvalue weighted by atomic mass is 16.7. The summed E-state index contributed by atoms with van der Waals surface area (Å²) in [5.41, 5.74) is -0.287. The average molecular weight is 364 g/mol. The van der Waals surface area contributed by atoms with Gasteiger partial charge in [0.15, 0.2) is 0 Å². The third-order valence-electron chi connectivity index (χ3n) is 9.12. The summed E-state index contributed by atoms with van der Waals surface area (Å²) < 4.78 is 0. The van der Waals surface area contributed by atoms with Crippen molar-refractivity contribution in [2.24, 2.45) is 40.9 Å². The molecule has 8 atom stereocenters. The van der Waals surface area contributed by atoms with E-state index in [1.807, 2.05) is 6.92 Å². The Hall–Kier alpha value is -0.610. The summed E-state index contributed by atoms with van der Waals surface area (Å²) >= 11 is 0. The second-order valence-corrected chi connectivity index (χ2v) is 10.4. The number of hydrogen-bond donors (Lipinski definition) is 1. The minimum atomic E-state index is -0.438. The van der Waals surface area contributed by atoms with Gasteiger partial charge in [0.2, 0.25) is 5.91 Å². The molecule has 4 saturated carbocycles. The number of carbonyl (C=O) groups excluding carboxylic acids is 1. The molecule has 0 aromatic rings. The Bertz CT molecular complexity index is 562. The number of fused-ring (bicyclic) bond motifs is 5. The summed E-state index contributed by atoms with van der Waals surface area (Å²) in [6.45, 7) is 4.43. The molecule has 0 saturated heterocycles. The van der Waals surface area contributed by atoms with Crippen LogP contribution in [-0.4, -0.2) is 35.8 Å². The normalized spacial score (nSPS) is 50.5. The molecule has 4 fully saturated rings. The Labute approximate surface area is 158 Å². The molecule has 4 nitrogen and oxygen atoms in total. The topological polar surface area (TPSA) is 49.8 Å². The van der Waals surface area contributed by atoms with Gasteiger partial charge in [0, 0.05) is 13.0 Å². The van der Waals surface area contributed by atoms with E-state index in [0.29, 0.717) is 5.92 Å². The van der Waals surface area contributed by atoms with E-state index in [1.54, 1.807) is 14.2 Å². The molecular weight excluding hydrogens is 326 g/mol. The molecule has 0 bridgehead atoms. The lowest BCUT2D eigenvalue weighted by Gasteiger charge is -2.56. The largest absolute Gasteiger partial charge is 0.390 e. The third-order valence-corrected chi connectivity index (χ3v) is 9.12. The van der Waals surface area contributed by atoms with Crippen molar-refractivity contribution in [1.29, 1.82) is 0 Å². The predicted molar refractivity (Wildman–Crippen MR) is 101 cm³/mol. The summed E-state index contributed by atoms with van der Waals surface area (Å²) in [7, 11) is 3.34. The Kier molecular flexibility index (Phi) is 4.67. The lowest BCUT2D eigenvalue weighted by atomic mass is 9.49. The molecule has 1 N–H and O–H groups in total. The molecule has 0 unspecified atom stereocenters. The summed E-state index contributed by atoms with van der Waals surface area (Å²) in [5, 5.41) is 12.0. The van der Waals surface area contributed by atoms with Crippen molar-refractivity contribution in [3.63, 3.8) is 0 Å². The fourth-order valence-corrected chi connectivity index (χ4v) is 7.80. The van der Waals surface area contributed by atoms with Gasteiger partial charge in [-0.05, 0) is 99.7 Å². The monoisotopic (exact) mass is 363 g/mol. The molecule has 4 aliphatic rings. The van der Waals surface area contributed by atoms with Crippen LogP contribution in [0.2, 0.25) is 0 Å². The maximum atomic E-state index is 12.9. The van der Waals surface area contributed by atoms with Crippen LogP contribution in [0, 0.1) is 40.9 Å². The highest BCUT2D eigenvalue weighted by Crippen LogP contribution is 2.64. The molecule has 0 heterocycles. The van der Waals surface area contributed by atoms with E-state index in [2.05, 4.69) is 6.92 Å². The minimum absolute atomic E-state index is 0.128. The maximum absolute atomic E-state index is 12.9. The predicted octanol–water partition coefficient (Wildman–Crippen LogP) is 4.03. The summed E-state index contributed by atoms with van der Waals surface area (Å²) in [5.74, 6) is 4.17. The first-order chi connectivity index (χ1) is 12.3. The van der Waals surface area contributed by atoms with E-state index < -0.39 is 5.60 Å². The van der Waals surface area contributed by atoms with Gasteiger partial charge >= 0.3 is 0 Å². The van der Waals surface area contributed by atoms with Crippen molar-refractivity contribution in [1.82, 2.24) is 5.06 Å². The van der Waals surface area contributed by atoms with Gasteiger partial charge in [0.1, 0.15) is 0 Å². The van der Waals surface area contributed by atoms with E-state index >= 15 is 0 Å². The van der Waals surface area contributed by atoms with Crippen LogP contribution < -0.4 is 0 Å². The van der Waals surface area contributed by atoms with E-state index in [4.69, 9.17) is 4.84 Å². The molecule has 4 aliphatic carbocycles. The fourth-order valence-electron chi connectivity index (χ4n) is 7.80. The van der Waals surface area contributed by atoms with E-state index in [1.165, 1.54) is 43.6 Å². The van der Waals surface area contributed by atoms with Crippen LogP contribution in [0.1, 0.15) is 71.6 Å². The van der Waals surface area contributed by atoms with Crippen molar-refractivity contribution in [3.05, 3.63) is 0 Å². The quantitative estimate of drug-likeness (QED) is 0.754. The number of amides is 1. The number of hydroxylamine groups is 2. The van der Waals surface area contributed by atoms with Crippen LogP contribution in [0.5, 0.6) is 0 Å². The van der Waals surface area contributed by atoms with E-state index in [9.17, 15) is 9.90 Å². The van der Waals surface area contributed by atoms with Crippen LogP contribution in [0.4, 0.5) is 0 Å². The zero-order valence-corrected chi connectivity index (χ0v) is 17.0. The smallest absolute Gasteiger partial charge is 0.249 e. The first kappa shape index (κ1) is 18.7. The maximum Gasteiger partial charge on any atom is 0.249 e. The Balaban J connectivity index is 1.52. The van der Waals surface area contributed by atoms with Gasteiger partial charge in [-0.15, -0.1) is 0 Å².